The van der Waals surface area contributed by atoms with E-state index >= 15 is 0 Å². The van der Waals surface area contributed by atoms with Gasteiger partial charge in [0.15, 0.2) is 5.54 Å². The van der Waals surface area contributed by atoms with Gasteiger partial charge in [-0.05, 0) is 81.3 Å². The van der Waals surface area contributed by atoms with Crippen LogP contribution in [0, 0.1) is 17.7 Å². The number of ether oxygens (including phenoxy) is 1. The normalized spacial score (nSPS) is 25.7. The maximum Gasteiger partial charge on any atom is 0.336 e. The van der Waals surface area contributed by atoms with Gasteiger partial charge in [-0.1, -0.05) is 55.8 Å². The van der Waals surface area contributed by atoms with Gasteiger partial charge in [-0.2, -0.15) is 11.8 Å². The predicted molar refractivity (Wildman–Crippen MR) is 160 cm³/mol. The van der Waals surface area contributed by atoms with Gasteiger partial charge in [0.1, 0.15) is 5.82 Å². The number of nitrogens with zero attached hydrogens (tertiary/aromatic N) is 3. The van der Waals surface area contributed by atoms with Gasteiger partial charge in [0.2, 0.25) is 0 Å². The van der Waals surface area contributed by atoms with Crippen molar-refractivity contribution in [3.05, 3.63) is 71.5 Å². The van der Waals surface area contributed by atoms with Crippen LogP contribution in [-0.4, -0.2) is 67.2 Å². The summed E-state index contributed by atoms with van der Waals surface area (Å²) in [6, 6.07) is 17.6. The third-order valence-corrected chi connectivity index (χ3v) is 9.66. The Morgan fingerprint density at radius 2 is 1.90 bits per heavy atom. The molecule has 3 atom stereocenters. The fourth-order valence-corrected chi connectivity index (χ4v) is 7.89. The van der Waals surface area contributed by atoms with Crippen LogP contribution in [0.25, 0.3) is 0 Å². The van der Waals surface area contributed by atoms with Gasteiger partial charge in [0.25, 0.3) is 0 Å². The standard InChI is InChI=1S/C32H44FN3O2S/c1-5-6-19-36-23-34-32(31(37)38-4,22-39-21-24-11-8-7-9-12-24)30(36)26-17-15-25(16-18-26)29(35(2)3)27-13-10-14-28(33)20-27/h7-14,20,23,25-26,29-30H,5-6,15-19,21-22H2,1-4H3. The number of rotatable bonds is 12. The Morgan fingerprint density at radius 1 is 1.15 bits per heavy atom. The molecule has 0 bridgehead atoms. The first-order valence-corrected chi connectivity index (χ1v) is 15.5. The minimum absolute atomic E-state index is 0.00676. The summed E-state index contributed by atoms with van der Waals surface area (Å²) in [4.78, 5) is 23.0. The molecule has 4 rings (SSSR count). The van der Waals surface area contributed by atoms with Gasteiger partial charge in [-0.15, -0.1) is 0 Å². The van der Waals surface area contributed by atoms with Gasteiger partial charge < -0.3 is 14.5 Å². The van der Waals surface area contributed by atoms with E-state index in [9.17, 15) is 9.18 Å². The lowest BCUT2D eigenvalue weighted by Crippen LogP contribution is -2.57. The number of carbonyl (C=O) groups is 1. The molecule has 0 N–H and O–H groups in total. The molecule has 212 valence electrons. The number of unbranched alkanes of at least 4 members (excludes halogenated alkanes) is 1. The zero-order valence-electron chi connectivity index (χ0n) is 23.9. The second kappa shape index (κ2) is 13.8. The molecule has 0 radical (unpaired) electrons. The molecule has 1 fully saturated rings. The lowest BCUT2D eigenvalue weighted by molar-refractivity contribution is -0.148. The lowest BCUT2D eigenvalue weighted by Gasteiger charge is -2.44. The van der Waals surface area contributed by atoms with Crippen LogP contribution >= 0.6 is 11.8 Å². The van der Waals surface area contributed by atoms with Crippen LogP contribution in [0.15, 0.2) is 59.6 Å². The van der Waals surface area contributed by atoms with E-state index in [0.29, 0.717) is 17.6 Å². The van der Waals surface area contributed by atoms with Crippen molar-refractivity contribution in [2.24, 2.45) is 16.8 Å². The summed E-state index contributed by atoms with van der Waals surface area (Å²) in [6.45, 7) is 3.10. The molecule has 5 nitrogen and oxygen atoms in total. The van der Waals surface area contributed by atoms with Gasteiger partial charge >= 0.3 is 5.97 Å². The molecular weight excluding hydrogens is 509 g/mol. The van der Waals surface area contributed by atoms with Crippen LogP contribution in [0.2, 0.25) is 0 Å². The SMILES string of the molecule is CCCCN1C=NC(CSCc2ccccc2)(C(=O)OC)C1C1CCC(C(c2cccc(F)c2)N(C)C)CC1. The monoisotopic (exact) mass is 553 g/mol. The average Bonchev–Trinajstić information content (AvgIpc) is 3.31. The van der Waals surface area contributed by atoms with Crippen molar-refractivity contribution in [2.75, 3.05) is 33.5 Å². The summed E-state index contributed by atoms with van der Waals surface area (Å²) in [7, 11) is 5.67. The molecule has 1 aliphatic carbocycles. The molecule has 0 aromatic heterocycles. The molecule has 1 heterocycles. The van der Waals surface area contributed by atoms with E-state index < -0.39 is 5.54 Å². The summed E-state index contributed by atoms with van der Waals surface area (Å²) in [6.07, 6.45) is 8.20. The van der Waals surface area contributed by atoms with E-state index in [2.05, 4.69) is 55.1 Å². The Kier molecular flexibility index (Phi) is 10.5. The molecule has 0 saturated heterocycles. The topological polar surface area (TPSA) is 45.1 Å². The van der Waals surface area contributed by atoms with Crippen molar-refractivity contribution < 1.29 is 13.9 Å². The van der Waals surface area contributed by atoms with Crippen LogP contribution in [-0.2, 0) is 15.3 Å². The van der Waals surface area contributed by atoms with E-state index in [1.807, 2.05) is 24.5 Å². The second-order valence-corrected chi connectivity index (χ2v) is 12.3. The third kappa shape index (κ3) is 6.86. The van der Waals surface area contributed by atoms with Crippen molar-refractivity contribution in [2.45, 2.75) is 68.8 Å². The van der Waals surface area contributed by atoms with Gasteiger partial charge in [-0.25, -0.2) is 9.18 Å². The Labute approximate surface area is 238 Å². The second-order valence-electron chi connectivity index (χ2n) is 11.3. The van der Waals surface area contributed by atoms with Crippen LogP contribution in [0.4, 0.5) is 4.39 Å². The van der Waals surface area contributed by atoms with E-state index in [4.69, 9.17) is 9.73 Å². The van der Waals surface area contributed by atoms with Gasteiger partial charge in [-0.3, -0.25) is 4.99 Å². The molecule has 1 aliphatic heterocycles. The Balaban J connectivity index is 1.53. The number of esters is 1. The zero-order chi connectivity index (χ0) is 27.8. The maximum absolute atomic E-state index is 14.1. The van der Waals surface area contributed by atoms with E-state index in [-0.39, 0.29) is 23.9 Å². The highest BCUT2D eigenvalue weighted by Crippen LogP contribution is 2.45. The fraction of sp³-hybridized carbons (Fsp3) is 0.562. The molecule has 39 heavy (non-hydrogen) atoms. The molecular formula is C32H44FN3O2S. The fourth-order valence-electron chi connectivity index (χ4n) is 6.69. The van der Waals surface area contributed by atoms with Crippen LogP contribution in [0.3, 0.4) is 0 Å². The first kappa shape index (κ1) is 29.6. The van der Waals surface area contributed by atoms with Crippen LogP contribution < -0.4 is 0 Å². The van der Waals surface area contributed by atoms with Crippen molar-refractivity contribution in [3.63, 3.8) is 0 Å². The van der Waals surface area contributed by atoms with Crippen molar-refractivity contribution in [1.82, 2.24) is 9.80 Å². The average molecular weight is 554 g/mol. The molecule has 3 unspecified atom stereocenters. The minimum atomic E-state index is -0.900. The van der Waals surface area contributed by atoms with E-state index in [0.717, 1.165) is 56.4 Å². The van der Waals surface area contributed by atoms with Crippen molar-refractivity contribution >= 4 is 24.1 Å². The number of halogens is 1. The predicted octanol–water partition coefficient (Wildman–Crippen LogP) is 6.59. The van der Waals surface area contributed by atoms with Crippen LogP contribution in [0.5, 0.6) is 0 Å². The highest BCUT2D eigenvalue weighted by Gasteiger charge is 2.55. The van der Waals surface area contributed by atoms with E-state index in [1.165, 1.54) is 18.7 Å². The summed E-state index contributed by atoms with van der Waals surface area (Å²) in [5.74, 6) is 1.80. The zero-order valence-corrected chi connectivity index (χ0v) is 24.7. The first-order chi connectivity index (χ1) is 18.9. The number of thioether (sulfide) groups is 1. The number of carbonyl (C=O) groups excluding carboxylic acids is 1. The van der Waals surface area contributed by atoms with Gasteiger partial charge in [0.05, 0.1) is 19.5 Å². The maximum atomic E-state index is 14.1. The molecule has 2 aliphatic rings. The number of benzene rings is 2. The van der Waals surface area contributed by atoms with Gasteiger partial charge in [0, 0.05) is 24.1 Å². The molecule has 1 saturated carbocycles. The highest BCUT2D eigenvalue weighted by atomic mass is 32.2. The van der Waals surface area contributed by atoms with E-state index in [1.54, 1.807) is 17.8 Å². The Bertz CT molecular complexity index is 1090. The number of aliphatic imine (C=N–C) groups is 1. The van der Waals surface area contributed by atoms with Crippen LogP contribution in [0.1, 0.15) is 62.6 Å². The first-order valence-electron chi connectivity index (χ1n) is 14.3. The summed E-state index contributed by atoms with van der Waals surface area (Å²) >= 11 is 1.76. The molecule has 2 aromatic carbocycles. The molecule has 0 spiro atoms. The Morgan fingerprint density at radius 3 is 2.54 bits per heavy atom. The lowest BCUT2D eigenvalue weighted by atomic mass is 9.70. The minimum Gasteiger partial charge on any atom is -0.467 e. The molecule has 0 amide bonds. The molecule has 7 heteroatoms. The highest BCUT2D eigenvalue weighted by molar-refractivity contribution is 7.98. The summed E-state index contributed by atoms with van der Waals surface area (Å²) < 4.78 is 19.5. The Hall–Kier alpha value is -2.38. The largest absolute Gasteiger partial charge is 0.467 e. The number of hydrogen-bond donors (Lipinski definition) is 0. The number of methoxy groups -OCH3 is 1. The third-order valence-electron chi connectivity index (χ3n) is 8.48. The summed E-state index contributed by atoms with van der Waals surface area (Å²) in [5, 5.41) is 0. The summed E-state index contributed by atoms with van der Waals surface area (Å²) in [5.41, 5.74) is 1.39. The van der Waals surface area contributed by atoms with Crippen molar-refractivity contribution in [1.29, 1.82) is 0 Å². The smallest absolute Gasteiger partial charge is 0.336 e. The number of hydrogen-bond acceptors (Lipinski definition) is 6. The van der Waals surface area contributed by atoms with Crippen molar-refractivity contribution in [3.8, 4) is 0 Å². The molecule has 2 aromatic rings. The quantitative estimate of drug-likeness (QED) is 0.278.